The number of nitrogens with zero attached hydrogens (tertiary/aromatic N) is 1. The first-order chi connectivity index (χ1) is 5.33. The highest BCUT2D eigenvalue weighted by atomic mass is 32.2. The Labute approximate surface area is 68.8 Å². The summed E-state index contributed by atoms with van der Waals surface area (Å²) in [5.74, 6) is 0.164. The second-order valence-corrected chi connectivity index (χ2v) is 2.95. The van der Waals surface area contributed by atoms with Gasteiger partial charge in [0.25, 0.3) is 0 Å². The van der Waals surface area contributed by atoms with Gasteiger partial charge in [-0.25, -0.2) is 4.39 Å². The van der Waals surface area contributed by atoms with E-state index in [1.807, 2.05) is 6.07 Å². The Balaban J connectivity index is 2.60. The van der Waals surface area contributed by atoms with Gasteiger partial charge in [-0.3, -0.25) is 0 Å². The lowest BCUT2D eigenvalue weighted by Crippen LogP contribution is -1.75. The lowest BCUT2D eigenvalue weighted by Gasteiger charge is -1.94. The van der Waals surface area contributed by atoms with Gasteiger partial charge in [0.1, 0.15) is 5.82 Å². The van der Waals surface area contributed by atoms with Gasteiger partial charge in [-0.05, 0) is 24.3 Å². The molecular formula is C8H6FNS. The molecule has 0 radical (unpaired) electrons. The molecule has 0 aliphatic rings. The molecule has 1 aromatic carbocycles. The molecule has 56 valence electrons. The number of nitriles is 1. The van der Waals surface area contributed by atoms with Gasteiger partial charge in [0.15, 0.2) is 0 Å². The van der Waals surface area contributed by atoms with E-state index in [0.29, 0.717) is 5.75 Å². The van der Waals surface area contributed by atoms with Gasteiger partial charge in [0.05, 0.1) is 11.8 Å². The maximum atomic E-state index is 12.3. The third-order valence-electron chi connectivity index (χ3n) is 1.12. The summed E-state index contributed by atoms with van der Waals surface area (Å²) in [4.78, 5) is 0.924. The Hall–Kier alpha value is -1.01. The maximum Gasteiger partial charge on any atom is 0.123 e. The molecule has 0 bridgehead atoms. The van der Waals surface area contributed by atoms with E-state index in [2.05, 4.69) is 0 Å². The standard InChI is InChI=1S/C8H6FNS/c9-7-1-3-8(4-2-7)11-6-5-10/h1-4H,6H2. The van der Waals surface area contributed by atoms with Crippen molar-refractivity contribution in [3.63, 3.8) is 0 Å². The van der Waals surface area contributed by atoms with E-state index >= 15 is 0 Å². The van der Waals surface area contributed by atoms with Gasteiger partial charge in [-0.2, -0.15) is 5.26 Å². The van der Waals surface area contributed by atoms with Gasteiger partial charge in [0.2, 0.25) is 0 Å². The Bertz CT molecular complexity index is 262. The van der Waals surface area contributed by atoms with Crippen molar-refractivity contribution in [1.82, 2.24) is 0 Å². The smallest absolute Gasteiger partial charge is 0.123 e. The van der Waals surface area contributed by atoms with Crippen LogP contribution in [0.25, 0.3) is 0 Å². The lowest BCUT2D eigenvalue weighted by molar-refractivity contribution is 0.626. The van der Waals surface area contributed by atoms with Crippen LogP contribution < -0.4 is 0 Å². The fraction of sp³-hybridized carbons (Fsp3) is 0.125. The van der Waals surface area contributed by atoms with E-state index in [0.717, 1.165) is 4.90 Å². The van der Waals surface area contributed by atoms with Crippen molar-refractivity contribution in [2.45, 2.75) is 4.90 Å². The first kappa shape index (κ1) is 8.09. The average Bonchev–Trinajstić information content (AvgIpc) is 2.04. The molecule has 11 heavy (non-hydrogen) atoms. The Morgan fingerprint density at radius 1 is 1.36 bits per heavy atom. The zero-order valence-corrected chi connectivity index (χ0v) is 6.57. The van der Waals surface area contributed by atoms with Crippen LogP contribution in [0.5, 0.6) is 0 Å². The van der Waals surface area contributed by atoms with Crippen molar-refractivity contribution in [3.05, 3.63) is 30.1 Å². The summed E-state index contributed by atoms with van der Waals surface area (Å²) < 4.78 is 12.3. The number of thioether (sulfide) groups is 1. The first-order valence-corrected chi connectivity index (χ1v) is 4.07. The highest BCUT2D eigenvalue weighted by molar-refractivity contribution is 7.99. The van der Waals surface area contributed by atoms with E-state index in [9.17, 15) is 4.39 Å². The molecule has 0 amide bonds. The molecule has 0 fully saturated rings. The van der Waals surface area contributed by atoms with E-state index in [1.165, 1.54) is 23.9 Å². The fourth-order valence-corrected chi connectivity index (χ4v) is 1.21. The third-order valence-corrected chi connectivity index (χ3v) is 2.00. The van der Waals surface area contributed by atoms with E-state index < -0.39 is 0 Å². The van der Waals surface area contributed by atoms with Crippen molar-refractivity contribution in [3.8, 4) is 6.07 Å². The third kappa shape index (κ3) is 2.60. The predicted molar refractivity (Wildman–Crippen MR) is 42.7 cm³/mol. The molecule has 0 saturated carbocycles. The Kier molecular flexibility index (Phi) is 2.94. The lowest BCUT2D eigenvalue weighted by atomic mass is 10.4. The van der Waals surface area contributed by atoms with Crippen LogP contribution in [0.15, 0.2) is 29.2 Å². The van der Waals surface area contributed by atoms with Crippen molar-refractivity contribution in [2.24, 2.45) is 0 Å². The van der Waals surface area contributed by atoms with Crippen LogP contribution >= 0.6 is 11.8 Å². The molecule has 1 aromatic rings. The molecule has 0 atom stereocenters. The topological polar surface area (TPSA) is 23.8 Å². The van der Waals surface area contributed by atoms with E-state index in [4.69, 9.17) is 5.26 Å². The fourth-order valence-electron chi connectivity index (χ4n) is 0.646. The Morgan fingerprint density at radius 2 is 2.00 bits per heavy atom. The Morgan fingerprint density at radius 3 is 2.55 bits per heavy atom. The maximum absolute atomic E-state index is 12.3. The second-order valence-electron chi connectivity index (χ2n) is 1.90. The van der Waals surface area contributed by atoms with Crippen LogP contribution in [0.3, 0.4) is 0 Å². The summed E-state index contributed by atoms with van der Waals surface area (Å²) in [5, 5.41) is 8.24. The van der Waals surface area contributed by atoms with Gasteiger partial charge in [-0.15, -0.1) is 11.8 Å². The molecule has 0 spiro atoms. The minimum atomic E-state index is -0.244. The van der Waals surface area contributed by atoms with Crippen LogP contribution in [-0.4, -0.2) is 5.75 Å². The second kappa shape index (κ2) is 3.99. The summed E-state index contributed by atoms with van der Waals surface area (Å²) in [5.41, 5.74) is 0. The van der Waals surface area contributed by atoms with Crippen molar-refractivity contribution >= 4 is 11.8 Å². The molecule has 0 heterocycles. The number of hydrogen-bond donors (Lipinski definition) is 0. The molecule has 1 rings (SSSR count). The van der Waals surface area contributed by atoms with Crippen LogP contribution in [0.1, 0.15) is 0 Å². The number of rotatable bonds is 2. The summed E-state index contributed by atoms with van der Waals surface area (Å²) >= 11 is 1.40. The molecular weight excluding hydrogens is 161 g/mol. The minimum Gasteiger partial charge on any atom is -0.207 e. The largest absolute Gasteiger partial charge is 0.207 e. The molecule has 0 unspecified atom stereocenters. The molecule has 0 N–H and O–H groups in total. The molecule has 0 saturated heterocycles. The van der Waals surface area contributed by atoms with E-state index in [-0.39, 0.29) is 5.82 Å². The molecule has 0 aromatic heterocycles. The highest BCUT2D eigenvalue weighted by Gasteiger charge is 1.92. The normalized spacial score (nSPS) is 9.09. The predicted octanol–water partition coefficient (Wildman–Crippen LogP) is 2.44. The number of benzene rings is 1. The molecule has 0 aliphatic carbocycles. The van der Waals surface area contributed by atoms with Gasteiger partial charge in [-0.1, -0.05) is 0 Å². The summed E-state index contributed by atoms with van der Waals surface area (Å²) in [6.07, 6.45) is 0. The summed E-state index contributed by atoms with van der Waals surface area (Å²) in [6, 6.07) is 8.11. The van der Waals surface area contributed by atoms with E-state index in [1.54, 1.807) is 12.1 Å². The monoisotopic (exact) mass is 167 g/mol. The minimum absolute atomic E-state index is 0.244. The van der Waals surface area contributed by atoms with Crippen molar-refractivity contribution in [1.29, 1.82) is 5.26 Å². The molecule has 0 aliphatic heterocycles. The molecule has 3 heteroatoms. The van der Waals surface area contributed by atoms with Gasteiger partial charge >= 0.3 is 0 Å². The summed E-state index contributed by atoms with van der Waals surface area (Å²) in [7, 11) is 0. The molecule has 1 nitrogen and oxygen atoms in total. The van der Waals surface area contributed by atoms with Crippen LogP contribution in [0.2, 0.25) is 0 Å². The SMILES string of the molecule is N#CCSc1ccc(F)cc1. The van der Waals surface area contributed by atoms with Gasteiger partial charge < -0.3 is 0 Å². The highest BCUT2D eigenvalue weighted by Crippen LogP contribution is 2.16. The number of hydrogen-bond acceptors (Lipinski definition) is 2. The average molecular weight is 167 g/mol. The summed E-state index contributed by atoms with van der Waals surface area (Å²) in [6.45, 7) is 0. The zero-order chi connectivity index (χ0) is 8.10. The van der Waals surface area contributed by atoms with Crippen LogP contribution in [0.4, 0.5) is 4.39 Å². The first-order valence-electron chi connectivity index (χ1n) is 3.08. The zero-order valence-electron chi connectivity index (χ0n) is 5.75. The van der Waals surface area contributed by atoms with Crippen molar-refractivity contribution < 1.29 is 4.39 Å². The van der Waals surface area contributed by atoms with Gasteiger partial charge in [0, 0.05) is 4.90 Å². The quantitative estimate of drug-likeness (QED) is 0.632. The van der Waals surface area contributed by atoms with Crippen LogP contribution in [0, 0.1) is 17.1 Å². The van der Waals surface area contributed by atoms with Crippen LogP contribution in [-0.2, 0) is 0 Å². The van der Waals surface area contributed by atoms with Crippen molar-refractivity contribution in [2.75, 3.05) is 5.75 Å². The number of halogens is 1.